The summed E-state index contributed by atoms with van der Waals surface area (Å²) in [7, 11) is 0. The molecule has 80 valence electrons. The van der Waals surface area contributed by atoms with Crippen LogP contribution in [0.25, 0.3) is 0 Å². The molecule has 0 aromatic carbocycles. The molecule has 0 radical (unpaired) electrons. The maximum absolute atomic E-state index is 11.8. The summed E-state index contributed by atoms with van der Waals surface area (Å²) in [5.41, 5.74) is 3.08. The molecule has 0 amide bonds. The van der Waals surface area contributed by atoms with E-state index in [9.17, 15) is 8.78 Å². The van der Waals surface area contributed by atoms with Crippen LogP contribution in [0.2, 0.25) is 0 Å². The van der Waals surface area contributed by atoms with Gasteiger partial charge in [0, 0.05) is 5.69 Å². The Labute approximate surface area is 81.9 Å². The van der Waals surface area contributed by atoms with Gasteiger partial charge in [-0.25, -0.2) is 8.78 Å². The van der Waals surface area contributed by atoms with Gasteiger partial charge in [0.1, 0.15) is 0 Å². The maximum atomic E-state index is 11.8. The smallest absolute Gasteiger partial charge is 0.250 e. The topological polar surface area (TPSA) is 40.7 Å². The summed E-state index contributed by atoms with van der Waals surface area (Å²) in [6, 6.07) is 0. The first-order valence-electron chi connectivity index (χ1n) is 4.60. The third-order valence-corrected chi connectivity index (χ3v) is 2.13. The van der Waals surface area contributed by atoms with E-state index in [2.05, 4.69) is 15.5 Å². The van der Waals surface area contributed by atoms with Crippen LogP contribution in [0.5, 0.6) is 0 Å². The van der Waals surface area contributed by atoms with Crippen molar-refractivity contribution in [2.75, 3.05) is 13.1 Å². The minimum absolute atomic E-state index is 0.240. The lowest BCUT2D eigenvalue weighted by Crippen LogP contribution is -2.23. The minimum atomic E-state index is -2.28. The first kappa shape index (κ1) is 11.1. The summed E-state index contributed by atoms with van der Waals surface area (Å²) in [5.74, 6) is 0. The van der Waals surface area contributed by atoms with Crippen molar-refractivity contribution in [3.05, 3.63) is 17.0 Å². The van der Waals surface area contributed by atoms with Crippen LogP contribution >= 0.6 is 0 Å². The molecule has 3 nitrogen and oxygen atoms in total. The number of nitrogens with one attached hydrogen (secondary N) is 2. The van der Waals surface area contributed by atoms with Crippen LogP contribution in [0.15, 0.2) is 0 Å². The summed E-state index contributed by atoms with van der Waals surface area (Å²) in [6.45, 7) is 4.16. The van der Waals surface area contributed by atoms with Gasteiger partial charge in [-0.05, 0) is 32.4 Å². The van der Waals surface area contributed by atoms with Gasteiger partial charge >= 0.3 is 0 Å². The molecular weight excluding hydrogens is 188 g/mol. The number of hydrogen-bond donors (Lipinski definition) is 2. The van der Waals surface area contributed by atoms with Gasteiger partial charge < -0.3 is 5.32 Å². The van der Waals surface area contributed by atoms with E-state index in [4.69, 9.17) is 0 Å². The predicted octanol–water partition coefficient (Wildman–Crippen LogP) is 1.42. The number of nitrogens with zero attached hydrogens (tertiary/aromatic N) is 1. The summed E-state index contributed by atoms with van der Waals surface area (Å²) in [4.78, 5) is 0. The van der Waals surface area contributed by atoms with E-state index in [1.807, 2.05) is 13.8 Å². The molecule has 1 aromatic rings. The number of rotatable bonds is 5. The molecular formula is C9H15F2N3. The second-order valence-electron chi connectivity index (χ2n) is 3.26. The lowest BCUT2D eigenvalue weighted by atomic mass is 10.1. The number of aromatic amines is 1. The number of H-pyrrole nitrogens is 1. The highest BCUT2D eigenvalue weighted by Crippen LogP contribution is 2.08. The zero-order chi connectivity index (χ0) is 10.6. The highest BCUT2D eigenvalue weighted by Gasteiger charge is 2.06. The van der Waals surface area contributed by atoms with Gasteiger partial charge in [0.2, 0.25) is 0 Å². The standard InChI is InChI=1S/C9H15F2N3/c1-6-8(7(2)14-13-6)3-4-12-5-9(10)11/h9,12H,3-5H2,1-2H3,(H,13,14). The molecule has 0 bridgehead atoms. The van der Waals surface area contributed by atoms with E-state index < -0.39 is 6.43 Å². The van der Waals surface area contributed by atoms with Crippen molar-refractivity contribution in [1.82, 2.24) is 15.5 Å². The third-order valence-electron chi connectivity index (χ3n) is 2.13. The van der Waals surface area contributed by atoms with E-state index in [1.54, 1.807) is 0 Å². The van der Waals surface area contributed by atoms with Gasteiger partial charge in [-0.15, -0.1) is 0 Å². The molecule has 0 aliphatic carbocycles. The van der Waals surface area contributed by atoms with Gasteiger partial charge in [0.05, 0.1) is 12.2 Å². The van der Waals surface area contributed by atoms with Crippen LogP contribution in [0, 0.1) is 13.8 Å². The van der Waals surface area contributed by atoms with Crippen molar-refractivity contribution in [2.24, 2.45) is 0 Å². The van der Waals surface area contributed by atoms with Crippen LogP contribution in [-0.4, -0.2) is 29.7 Å². The Morgan fingerprint density at radius 3 is 2.64 bits per heavy atom. The molecule has 0 fully saturated rings. The quantitative estimate of drug-likeness (QED) is 0.711. The summed E-state index contributed by atoms with van der Waals surface area (Å²) in [5, 5.41) is 9.58. The first-order chi connectivity index (χ1) is 6.61. The van der Waals surface area contributed by atoms with Crippen LogP contribution in [0.3, 0.4) is 0 Å². The zero-order valence-corrected chi connectivity index (χ0v) is 8.40. The second-order valence-corrected chi connectivity index (χ2v) is 3.26. The summed E-state index contributed by atoms with van der Waals surface area (Å²) in [6.07, 6.45) is -1.54. The Bertz CT molecular complexity index is 264. The van der Waals surface area contributed by atoms with E-state index >= 15 is 0 Å². The molecule has 5 heteroatoms. The average molecular weight is 203 g/mol. The predicted molar refractivity (Wildman–Crippen MR) is 50.6 cm³/mol. The zero-order valence-electron chi connectivity index (χ0n) is 8.40. The Hall–Kier alpha value is -0.970. The van der Waals surface area contributed by atoms with Crippen LogP contribution in [-0.2, 0) is 6.42 Å². The monoisotopic (exact) mass is 203 g/mol. The molecule has 1 heterocycles. The molecule has 0 aliphatic heterocycles. The van der Waals surface area contributed by atoms with E-state index in [0.717, 1.165) is 23.4 Å². The van der Waals surface area contributed by atoms with Crippen molar-refractivity contribution in [3.63, 3.8) is 0 Å². The lowest BCUT2D eigenvalue weighted by molar-refractivity contribution is 0.146. The van der Waals surface area contributed by atoms with Crippen molar-refractivity contribution < 1.29 is 8.78 Å². The van der Waals surface area contributed by atoms with E-state index in [0.29, 0.717) is 6.54 Å². The number of halogens is 2. The van der Waals surface area contributed by atoms with Crippen molar-refractivity contribution in [3.8, 4) is 0 Å². The van der Waals surface area contributed by atoms with Crippen molar-refractivity contribution >= 4 is 0 Å². The fourth-order valence-electron chi connectivity index (χ4n) is 1.37. The van der Waals surface area contributed by atoms with Crippen LogP contribution < -0.4 is 5.32 Å². The van der Waals surface area contributed by atoms with Crippen LogP contribution in [0.4, 0.5) is 8.78 Å². The minimum Gasteiger partial charge on any atom is -0.311 e. The highest BCUT2D eigenvalue weighted by molar-refractivity contribution is 5.23. The largest absolute Gasteiger partial charge is 0.311 e. The van der Waals surface area contributed by atoms with Gasteiger partial charge in [-0.2, -0.15) is 5.10 Å². The number of aromatic nitrogens is 2. The number of hydrogen-bond acceptors (Lipinski definition) is 2. The molecule has 0 atom stereocenters. The van der Waals surface area contributed by atoms with E-state index in [-0.39, 0.29) is 6.54 Å². The third kappa shape index (κ3) is 3.06. The Morgan fingerprint density at radius 1 is 1.43 bits per heavy atom. The molecule has 1 aromatic heterocycles. The summed E-state index contributed by atoms with van der Waals surface area (Å²) < 4.78 is 23.6. The molecule has 14 heavy (non-hydrogen) atoms. The Kier molecular flexibility index (Phi) is 4.00. The van der Waals surface area contributed by atoms with Gasteiger partial charge in [0.25, 0.3) is 6.43 Å². The Morgan fingerprint density at radius 2 is 2.14 bits per heavy atom. The fraction of sp³-hybridized carbons (Fsp3) is 0.667. The molecule has 0 saturated carbocycles. The molecule has 0 spiro atoms. The Balaban J connectivity index is 2.31. The fourth-order valence-corrected chi connectivity index (χ4v) is 1.37. The van der Waals surface area contributed by atoms with Crippen molar-refractivity contribution in [2.45, 2.75) is 26.7 Å². The molecule has 2 N–H and O–H groups in total. The summed E-state index contributed by atoms with van der Waals surface area (Å²) >= 11 is 0. The molecule has 0 aliphatic rings. The second kappa shape index (κ2) is 5.05. The van der Waals surface area contributed by atoms with Gasteiger partial charge in [-0.3, -0.25) is 5.10 Å². The number of alkyl halides is 2. The highest BCUT2D eigenvalue weighted by atomic mass is 19.3. The molecule has 0 unspecified atom stereocenters. The average Bonchev–Trinajstić information content (AvgIpc) is 2.42. The number of aryl methyl sites for hydroxylation is 2. The molecule has 0 saturated heterocycles. The van der Waals surface area contributed by atoms with Crippen LogP contribution in [0.1, 0.15) is 17.0 Å². The lowest BCUT2D eigenvalue weighted by Gasteiger charge is -2.03. The SMILES string of the molecule is Cc1n[nH]c(C)c1CCNCC(F)F. The van der Waals surface area contributed by atoms with E-state index in [1.165, 1.54) is 0 Å². The first-order valence-corrected chi connectivity index (χ1v) is 4.60. The maximum Gasteiger partial charge on any atom is 0.250 e. The normalized spacial score (nSPS) is 11.2. The van der Waals surface area contributed by atoms with Crippen molar-refractivity contribution in [1.29, 1.82) is 0 Å². The molecule has 1 rings (SSSR count). The van der Waals surface area contributed by atoms with Gasteiger partial charge in [-0.1, -0.05) is 0 Å². The van der Waals surface area contributed by atoms with Gasteiger partial charge in [0.15, 0.2) is 0 Å².